The van der Waals surface area contributed by atoms with Crippen LogP contribution in [0.15, 0.2) is 48.7 Å². The predicted molar refractivity (Wildman–Crippen MR) is 90.3 cm³/mol. The summed E-state index contributed by atoms with van der Waals surface area (Å²) in [6.45, 7) is 1.61. The molecule has 3 rings (SSSR count). The van der Waals surface area contributed by atoms with Crippen molar-refractivity contribution in [3.8, 4) is 6.07 Å². The minimum atomic E-state index is -4.44. The zero-order valence-corrected chi connectivity index (χ0v) is 13.7. The molecule has 0 aliphatic carbocycles. The summed E-state index contributed by atoms with van der Waals surface area (Å²) in [6, 6.07) is 11.2. The van der Waals surface area contributed by atoms with Crippen LogP contribution in [-0.4, -0.2) is 10.9 Å². The number of para-hydroxylation sites is 1. The molecule has 0 saturated carbocycles. The highest BCUT2D eigenvalue weighted by Crippen LogP contribution is 2.31. The van der Waals surface area contributed by atoms with Crippen LogP contribution < -0.4 is 5.32 Å². The number of nitrogens with one attached hydrogen (secondary N) is 2. The number of nitrogens with zero attached hydrogens (tertiary/aromatic N) is 1. The number of hydrogen-bond acceptors (Lipinski definition) is 2. The molecule has 0 bridgehead atoms. The van der Waals surface area contributed by atoms with E-state index < -0.39 is 23.7 Å². The Morgan fingerprint density at radius 1 is 1.23 bits per heavy atom. The fourth-order valence-electron chi connectivity index (χ4n) is 2.78. The van der Waals surface area contributed by atoms with Crippen molar-refractivity contribution in [3.63, 3.8) is 0 Å². The Balaban J connectivity index is 1.87. The first-order valence-corrected chi connectivity index (χ1v) is 7.79. The van der Waals surface area contributed by atoms with Crippen LogP contribution in [0.25, 0.3) is 10.9 Å². The number of aromatic nitrogens is 1. The summed E-state index contributed by atoms with van der Waals surface area (Å²) in [5.74, 6) is -0.438. The Kier molecular flexibility index (Phi) is 4.43. The second-order valence-electron chi connectivity index (χ2n) is 5.86. The van der Waals surface area contributed by atoms with E-state index in [1.807, 2.05) is 6.07 Å². The van der Waals surface area contributed by atoms with Crippen molar-refractivity contribution in [1.82, 2.24) is 10.3 Å². The summed E-state index contributed by atoms with van der Waals surface area (Å²) in [4.78, 5) is 15.5. The number of aromatic amines is 1. The van der Waals surface area contributed by atoms with Gasteiger partial charge in [-0.25, -0.2) is 0 Å². The monoisotopic (exact) mass is 357 g/mol. The maximum Gasteiger partial charge on any atom is 0.416 e. The topological polar surface area (TPSA) is 68.7 Å². The number of benzene rings is 2. The third-order valence-corrected chi connectivity index (χ3v) is 4.14. The van der Waals surface area contributed by atoms with Crippen molar-refractivity contribution in [2.75, 3.05) is 0 Å². The SMILES string of the molecule is CC(NC(=O)c1cccc2c(C#N)c[nH]c12)c1cccc(C(F)(F)F)c1. The minimum absolute atomic E-state index is 0.322. The number of halogens is 3. The van der Waals surface area contributed by atoms with Gasteiger partial charge in [-0.1, -0.05) is 24.3 Å². The maximum absolute atomic E-state index is 12.9. The Morgan fingerprint density at radius 2 is 1.96 bits per heavy atom. The lowest BCUT2D eigenvalue weighted by atomic mass is 10.0. The first-order chi connectivity index (χ1) is 12.3. The molecule has 0 aliphatic heterocycles. The second-order valence-corrected chi connectivity index (χ2v) is 5.86. The Hall–Kier alpha value is -3.27. The molecule has 0 spiro atoms. The van der Waals surface area contributed by atoms with Gasteiger partial charge in [0.15, 0.2) is 0 Å². The molecule has 2 N–H and O–H groups in total. The molecule has 1 aromatic heterocycles. The van der Waals surface area contributed by atoms with E-state index in [0.29, 0.717) is 27.6 Å². The van der Waals surface area contributed by atoms with E-state index in [1.54, 1.807) is 25.1 Å². The number of alkyl halides is 3. The molecule has 7 heteroatoms. The lowest BCUT2D eigenvalue weighted by molar-refractivity contribution is -0.137. The lowest BCUT2D eigenvalue weighted by Gasteiger charge is -2.16. The average Bonchev–Trinajstić information content (AvgIpc) is 3.04. The van der Waals surface area contributed by atoms with Gasteiger partial charge >= 0.3 is 6.18 Å². The second kappa shape index (κ2) is 6.56. The standard InChI is InChI=1S/C19H14F3N3O/c1-11(12-4-2-5-14(8-12)19(20,21)22)25-18(26)16-7-3-6-15-13(9-23)10-24-17(15)16/h2-8,10-11,24H,1H3,(H,25,26). The summed E-state index contributed by atoms with van der Waals surface area (Å²) >= 11 is 0. The number of carbonyl (C=O) groups is 1. The summed E-state index contributed by atoms with van der Waals surface area (Å²) in [5, 5.41) is 12.4. The van der Waals surface area contributed by atoms with Gasteiger partial charge in [-0.05, 0) is 30.7 Å². The number of H-pyrrole nitrogens is 1. The minimum Gasteiger partial charge on any atom is -0.359 e. The number of fused-ring (bicyclic) bond motifs is 1. The highest BCUT2D eigenvalue weighted by molar-refractivity contribution is 6.07. The molecule has 2 aromatic carbocycles. The molecule has 0 aliphatic rings. The number of rotatable bonds is 3. The largest absolute Gasteiger partial charge is 0.416 e. The molecule has 0 fully saturated rings. The normalized spacial score (nSPS) is 12.6. The van der Waals surface area contributed by atoms with Crippen LogP contribution in [0.3, 0.4) is 0 Å². The smallest absolute Gasteiger partial charge is 0.359 e. The van der Waals surface area contributed by atoms with Crippen LogP contribution in [0.4, 0.5) is 13.2 Å². The molecule has 132 valence electrons. The predicted octanol–water partition coefficient (Wildman–Crippen LogP) is 4.55. The Labute approximate surface area is 147 Å². The van der Waals surface area contributed by atoms with Crippen molar-refractivity contribution in [2.45, 2.75) is 19.1 Å². The van der Waals surface area contributed by atoms with Crippen molar-refractivity contribution in [2.24, 2.45) is 0 Å². The zero-order valence-electron chi connectivity index (χ0n) is 13.7. The Bertz CT molecular complexity index is 1010. The molecule has 3 aromatic rings. The zero-order chi connectivity index (χ0) is 18.9. The molecule has 0 radical (unpaired) electrons. The van der Waals surface area contributed by atoms with E-state index in [4.69, 9.17) is 5.26 Å². The van der Waals surface area contributed by atoms with Gasteiger partial charge in [0.2, 0.25) is 0 Å². The fourth-order valence-corrected chi connectivity index (χ4v) is 2.78. The molecule has 1 amide bonds. The first-order valence-electron chi connectivity index (χ1n) is 7.79. The van der Waals surface area contributed by atoms with Gasteiger partial charge in [0.05, 0.1) is 28.2 Å². The first kappa shape index (κ1) is 17.5. The number of nitriles is 1. The highest BCUT2D eigenvalue weighted by Gasteiger charge is 2.30. The molecular weight excluding hydrogens is 343 g/mol. The van der Waals surface area contributed by atoms with Gasteiger partial charge in [-0.2, -0.15) is 18.4 Å². The van der Waals surface area contributed by atoms with E-state index in [0.717, 1.165) is 12.1 Å². The number of hydrogen-bond donors (Lipinski definition) is 2. The average molecular weight is 357 g/mol. The van der Waals surface area contributed by atoms with Crippen molar-refractivity contribution in [3.05, 3.63) is 70.9 Å². The van der Waals surface area contributed by atoms with Gasteiger partial charge in [0, 0.05) is 11.6 Å². The molecule has 26 heavy (non-hydrogen) atoms. The summed E-state index contributed by atoms with van der Waals surface area (Å²) in [5.41, 5.74) is 0.840. The van der Waals surface area contributed by atoms with Crippen LogP contribution in [0.1, 0.15) is 40.0 Å². The van der Waals surface area contributed by atoms with Crippen molar-refractivity contribution in [1.29, 1.82) is 5.26 Å². The van der Waals surface area contributed by atoms with Gasteiger partial charge < -0.3 is 10.3 Å². The summed E-state index contributed by atoms with van der Waals surface area (Å²) < 4.78 is 38.6. The van der Waals surface area contributed by atoms with Gasteiger partial charge in [0.1, 0.15) is 6.07 Å². The number of amides is 1. The summed E-state index contributed by atoms with van der Waals surface area (Å²) in [6.07, 6.45) is -2.93. The Morgan fingerprint density at radius 3 is 2.65 bits per heavy atom. The van der Waals surface area contributed by atoms with Crippen LogP contribution in [0, 0.1) is 11.3 Å². The molecule has 0 saturated heterocycles. The van der Waals surface area contributed by atoms with Crippen LogP contribution >= 0.6 is 0 Å². The molecule has 1 unspecified atom stereocenters. The number of carbonyl (C=O) groups excluding carboxylic acids is 1. The van der Waals surface area contributed by atoms with Crippen molar-refractivity contribution >= 4 is 16.8 Å². The third-order valence-electron chi connectivity index (χ3n) is 4.14. The van der Waals surface area contributed by atoms with Gasteiger partial charge in [-0.15, -0.1) is 0 Å². The molecule has 1 atom stereocenters. The summed E-state index contributed by atoms with van der Waals surface area (Å²) in [7, 11) is 0. The molecule has 4 nitrogen and oxygen atoms in total. The van der Waals surface area contributed by atoms with Crippen LogP contribution in [0.5, 0.6) is 0 Å². The highest BCUT2D eigenvalue weighted by atomic mass is 19.4. The van der Waals surface area contributed by atoms with E-state index in [1.165, 1.54) is 18.3 Å². The van der Waals surface area contributed by atoms with Crippen LogP contribution in [-0.2, 0) is 6.18 Å². The van der Waals surface area contributed by atoms with Gasteiger partial charge in [0.25, 0.3) is 5.91 Å². The van der Waals surface area contributed by atoms with Gasteiger partial charge in [-0.3, -0.25) is 4.79 Å². The maximum atomic E-state index is 12.9. The lowest BCUT2D eigenvalue weighted by Crippen LogP contribution is -2.27. The van der Waals surface area contributed by atoms with Crippen molar-refractivity contribution < 1.29 is 18.0 Å². The third kappa shape index (κ3) is 3.26. The van der Waals surface area contributed by atoms with E-state index in [9.17, 15) is 18.0 Å². The fraction of sp³-hybridized carbons (Fsp3) is 0.158. The van der Waals surface area contributed by atoms with E-state index in [-0.39, 0.29) is 0 Å². The van der Waals surface area contributed by atoms with E-state index in [2.05, 4.69) is 10.3 Å². The molecular formula is C19H14F3N3O. The van der Waals surface area contributed by atoms with E-state index >= 15 is 0 Å². The molecule has 1 heterocycles. The quantitative estimate of drug-likeness (QED) is 0.722. The van der Waals surface area contributed by atoms with Crippen LogP contribution in [0.2, 0.25) is 0 Å².